The lowest BCUT2D eigenvalue weighted by atomic mass is 9.98. The van der Waals surface area contributed by atoms with Crippen LogP contribution in [0.1, 0.15) is 28.5 Å². The summed E-state index contributed by atoms with van der Waals surface area (Å²) in [6.45, 7) is 3.77. The largest absolute Gasteiger partial charge is 0.367 e. The van der Waals surface area contributed by atoms with Crippen molar-refractivity contribution in [1.82, 2.24) is 9.88 Å². The molecular formula is C20H21ClN2O. The number of hydrogen-bond acceptors (Lipinski definition) is 2. The average molecular weight is 341 g/mol. The summed E-state index contributed by atoms with van der Waals surface area (Å²) in [7, 11) is 0. The number of fused-ring (bicyclic) bond motifs is 3. The monoisotopic (exact) mass is 340 g/mol. The number of nitrogens with zero attached hydrogens (tertiary/aromatic N) is 1. The molecule has 3 aromatic rings. The van der Waals surface area contributed by atoms with Gasteiger partial charge in [-0.05, 0) is 11.1 Å². The van der Waals surface area contributed by atoms with Gasteiger partial charge in [-0.25, -0.2) is 0 Å². The van der Waals surface area contributed by atoms with Gasteiger partial charge >= 0.3 is 0 Å². The van der Waals surface area contributed by atoms with Crippen LogP contribution in [0, 0.1) is 0 Å². The minimum Gasteiger partial charge on any atom is -0.367 e. The molecule has 0 radical (unpaired) electrons. The van der Waals surface area contributed by atoms with Crippen LogP contribution in [0.3, 0.4) is 0 Å². The molecule has 124 valence electrons. The first-order chi connectivity index (χ1) is 11.4. The predicted molar refractivity (Wildman–Crippen MR) is 98.8 cm³/mol. The second-order valence-corrected chi connectivity index (χ2v) is 6.41. The molecule has 3 heterocycles. The Hall–Kier alpha value is -1.81. The molecule has 2 aromatic carbocycles. The van der Waals surface area contributed by atoms with Crippen LogP contribution in [0.2, 0.25) is 0 Å². The van der Waals surface area contributed by atoms with Gasteiger partial charge in [0.1, 0.15) is 6.10 Å². The van der Waals surface area contributed by atoms with Gasteiger partial charge in [-0.3, -0.25) is 0 Å². The quantitative estimate of drug-likeness (QED) is 0.728. The first-order valence-corrected chi connectivity index (χ1v) is 8.43. The van der Waals surface area contributed by atoms with Crippen molar-refractivity contribution >= 4 is 23.3 Å². The maximum atomic E-state index is 6.27. The third kappa shape index (κ3) is 2.27. The molecule has 0 saturated carbocycles. The van der Waals surface area contributed by atoms with Crippen molar-refractivity contribution < 1.29 is 4.74 Å². The van der Waals surface area contributed by atoms with Gasteiger partial charge in [-0.2, -0.15) is 0 Å². The second kappa shape index (κ2) is 6.25. The Labute approximate surface area is 148 Å². The molecule has 0 fully saturated rings. The molecule has 0 amide bonds. The van der Waals surface area contributed by atoms with E-state index in [2.05, 4.69) is 58.4 Å². The molecule has 2 aliphatic heterocycles. The van der Waals surface area contributed by atoms with E-state index in [0.717, 1.165) is 32.7 Å². The van der Waals surface area contributed by atoms with Crippen LogP contribution in [0.15, 0.2) is 48.5 Å². The summed E-state index contributed by atoms with van der Waals surface area (Å²) in [5.41, 5.74) is 6.92. The summed E-state index contributed by atoms with van der Waals surface area (Å²) in [5, 5.41) is 4.92. The van der Waals surface area contributed by atoms with Gasteiger partial charge in [-0.1, -0.05) is 48.5 Å². The van der Waals surface area contributed by atoms with Crippen molar-refractivity contribution in [2.75, 3.05) is 13.2 Å². The molecule has 5 rings (SSSR count). The number of aromatic nitrogens is 1. The highest BCUT2D eigenvalue weighted by molar-refractivity contribution is 5.89. The Bertz CT molecular complexity index is 872. The average Bonchev–Trinajstić information content (AvgIpc) is 2.81. The predicted octanol–water partition coefficient (Wildman–Crippen LogP) is 3.83. The maximum absolute atomic E-state index is 6.27. The Morgan fingerprint density at radius 3 is 2.79 bits per heavy atom. The molecule has 2 aliphatic rings. The Morgan fingerprint density at radius 1 is 1.04 bits per heavy atom. The summed E-state index contributed by atoms with van der Waals surface area (Å²) < 4.78 is 8.79. The zero-order valence-electron chi connectivity index (χ0n) is 13.5. The Balaban J connectivity index is 0.00000146. The number of benzene rings is 2. The molecule has 0 aliphatic carbocycles. The lowest BCUT2D eigenvalue weighted by molar-refractivity contribution is 0.0798. The molecule has 1 aromatic heterocycles. The molecule has 3 nitrogen and oxygen atoms in total. The van der Waals surface area contributed by atoms with Crippen LogP contribution in [-0.4, -0.2) is 17.7 Å². The summed E-state index contributed by atoms with van der Waals surface area (Å²) in [6, 6.07) is 17.3. The van der Waals surface area contributed by atoms with Crippen LogP contribution in [0.25, 0.3) is 10.9 Å². The van der Waals surface area contributed by atoms with Crippen molar-refractivity contribution in [3.63, 3.8) is 0 Å². The molecule has 4 heteroatoms. The third-order valence-corrected chi connectivity index (χ3v) is 5.16. The van der Waals surface area contributed by atoms with Gasteiger partial charge in [0.2, 0.25) is 0 Å². The first-order valence-electron chi connectivity index (χ1n) is 8.43. The number of hydrogen-bond donors (Lipinski definition) is 1. The maximum Gasteiger partial charge on any atom is 0.110 e. The van der Waals surface area contributed by atoms with E-state index in [-0.39, 0.29) is 18.5 Å². The number of nitrogens with one attached hydrogen (secondary N) is 1. The van der Waals surface area contributed by atoms with E-state index in [4.69, 9.17) is 4.74 Å². The normalized spacial score (nSPS) is 19.4. The fraction of sp³-hybridized carbons (Fsp3) is 0.300. The van der Waals surface area contributed by atoms with Crippen molar-refractivity contribution in [3.8, 4) is 0 Å². The van der Waals surface area contributed by atoms with E-state index in [0.29, 0.717) is 0 Å². The van der Waals surface area contributed by atoms with Crippen molar-refractivity contribution in [2.24, 2.45) is 0 Å². The van der Waals surface area contributed by atoms with Gasteiger partial charge in [0.25, 0.3) is 0 Å². The highest BCUT2D eigenvalue weighted by atomic mass is 35.5. The third-order valence-electron chi connectivity index (χ3n) is 5.16. The second-order valence-electron chi connectivity index (χ2n) is 6.41. The van der Waals surface area contributed by atoms with Crippen LogP contribution in [0.4, 0.5) is 0 Å². The van der Waals surface area contributed by atoms with Crippen molar-refractivity contribution in [1.29, 1.82) is 0 Å². The zero-order valence-corrected chi connectivity index (χ0v) is 14.3. The van der Waals surface area contributed by atoms with E-state index in [1.54, 1.807) is 0 Å². The topological polar surface area (TPSA) is 26.2 Å². The molecule has 0 saturated heterocycles. The van der Waals surface area contributed by atoms with Crippen molar-refractivity contribution in [2.45, 2.75) is 25.6 Å². The molecule has 1 atom stereocenters. The molecule has 1 unspecified atom stereocenters. The van der Waals surface area contributed by atoms with E-state index >= 15 is 0 Å². The van der Waals surface area contributed by atoms with Gasteiger partial charge in [0.05, 0.1) is 12.1 Å². The number of para-hydroxylation sites is 1. The van der Waals surface area contributed by atoms with Crippen LogP contribution < -0.4 is 5.32 Å². The molecule has 0 bridgehead atoms. The first kappa shape index (κ1) is 15.7. The van der Waals surface area contributed by atoms with Gasteiger partial charge in [-0.15, -0.1) is 12.4 Å². The number of ether oxygens (including phenoxy) is 1. The molecule has 0 spiro atoms. The van der Waals surface area contributed by atoms with Gasteiger partial charge < -0.3 is 14.6 Å². The number of rotatable bonds is 1. The minimum absolute atomic E-state index is 0. The highest BCUT2D eigenvalue weighted by Crippen LogP contribution is 2.38. The van der Waals surface area contributed by atoms with E-state index in [1.807, 2.05) is 0 Å². The fourth-order valence-corrected chi connectivity index (χ4v) is 4.18. The van der Waals surface area contributed by atoms with Crippen LogP contribution in [-0.2, 0) is 24.2 Å². The lowest BCUT2D eigenvalue weighted by Gasteiger charge is -2.18. The molecule has 24 heavy (non-hydrogen) atoms. The standard InChI is InChI=1S/C20H20N2O.ClH/c1-2-5-14(6-3-1)20-16-8-4-7-15-17-13-21-10-9-18(17)22(19(15)16)11-12-23-20;/h1-8,20-21H,9-13H2;1H. The SMILES string of the molecule is Cl.c1ccc(C2OCCn3c4c(c5cccc2c53)CNCC4)cc1. The zero-order chi connectivity index (χ0) is 15.2. The fourth-order valence-electron chi connectivity index (χ4n) is 4.18. The summed E-state index contributed by atoms with van der Waals surface area (Å²) >= 11 is 0. The smallest absolute Gasteiger partial charge is 0.110 e. The summed E-state index contributed by atoms with van der Waals surface area (Å²) in [4.78, 5) is 0. The Kier molecular flexibility index (Phi) is 4.09. The van der Waals surface area contributed by atoms with E-state index in [9.17, 15) is 0 Å². The van der Waals surface area contributed by atoms with Gasteiger partial charge in [0, 0.05) is 42.7 Å². The van der Waals surface area contributed by atoms with Crippen LogP contribution >= 0.6 is 12.4 Å². The summed E-state index contributed by atoms with van der Waals surface area (Å²) in [5.74, 6) is 0. The van der Waals surface area contributed by atoms with Crippen LogP contribution in [0.5, 0.6) is 0 Å². The van der Waals surface area contributed by atoms with E-state index < -0.39 is 0 Å². The Morgan fingerprint density at radius 2 is 1.92 bits per heavy atom. The van der Waals surface area contributed by atoms with Gasteiger partial charge in [0.15, 0.2) is 0 Å². The highest BCUT2D eigenvalue weighted by Gasteiger charge is 2.27. The molecular weight excluding hydrogens is 320 g/mol. The number of halogens is 1. The summed E-state index contributed by atoms with van der Waals surface area (Å²) in [6.07, 6.45) is 1.14. The minimum atomic E-state index is 0. The molecule has 1 N–H and O–H groups in total. The van der Waals surface area contributed by atoms with E-state index in [1.165, 1.54) is 33.3 Å². The van der Waals surface area contributed by atoms with Crippen molar-refractivity contribution in [3.05, 3.63) is 70.9 Å². The lowest BCUT2D eigenvalue weighted by Crippen LogP contribution is -2.25.